The minimum Gasteiger partial charge on any atom is -0.354 e. The Balaban J connectivity index is 1.93. The highest BCUT2D eigenvalue weighted by atomic mass is 16.2. The van der Waals surface area contributed by atoms with Gasteiger partial charge in [-0.1, -0.05) is 26.2 Å². The average molecular weight is 224 g/mol. The van der Waals surface area contributed by atoms with E-state index in [2.05, 4.69) is 10.6 Å². The molecule has 16 heavy (non-hydrogen) atoms. The molecule has 2 aliphatic rings. The van der Waals surface area contributed by atoms with Crippen LogP contribution in [0.5, 0.6) is 0 Å². The van der Waals surface area contributed by atoms with Crippen LogP contribution in [0, 0.1) is 5.41 Å². The molecule has 0 aromatic heterocycles. The fourth-order valence-electron chi connectivity index (χ4n) is 2.62. The van der Waals surface area contributed by atoms with Crippen LogP contribution in [0.25, 0.3) is 0 Å². The van der Waals surface area contributed by atoms with Crippen LogP contribution in [0.15, 0.2) is 0 Å². The molecule has 4 heteroatoms. The van der Waals surface area contributed by atoms with Gasteiger partial charge in [0.05, 0.1) is 0 Å². The van der Waals surface area contributed by atoms with Gasteiger partial charge in [-0.2, -0.15) is 0 Å². The molecule has 0 aromatic rings. The topological polar surface area (TPSA) is 58.2 Å². The first-order chi connectivity index (χ1) is 7.62. The molecule has 0 unspecified atom stereocenters. The summed E-state index contributed by atoms with van der Waals surface area (Å²) < 4.78 is 0. The summed E-state index contributed by atoms with van der Waals surface area (Å²) in [4.78, 5) is 23.5. The molecular formula is C12H20N2O2. The molecule has 2 amide bonds. The maximum absolute atomic E-state index is 12.1. The van der Waals surface area contributed by atoms with Crippen molar-refractivity contribution < 1.29 is 9.59 Å². The molecule has 1 atom stereocenters. The summed E-state index contributed by atoms with van der Waals surface area (Å²) in [5.41, 5.74) is -0.249. The Morgan fingerprint density at radius 3 is 2.62 bits per heavy atom. The normalized spacial score (nSPS) is 28.6. The maximum atomic E-state index is 12.1. The minimum absolute atomic E-state index is 0.0345. The van der Waals surface area contributed by atoms with Gasteiger partial charge in [0, 0.05) is 12.0 Å². The van der Waals surface area contributed by atoms with E-state index in [1.54, 1.807) is 0 Å². The molecule has 2 rings (SSSR count). The Hall–Kier alpha value is -1.06. The summed E-state index contributed by atoms with van der Waals surface area (Å²) in [6.45, 7) is 2.70. The van der Waals surface area contributed by atoms with Crippen molar-refractivity contribution in [1.29, 1.82) is 0 Å². The van der Waals surface area contributed by atoms with Gasteiger partial charge in [0.1, 0.15) is 6.04 Å². The van der Waals surface area contributed by atoms with E-state index in [9.17, 15) is 9.59 Å². The minimum atomic E-state index is -0.300. The number of hydrogen-bond donors (Lipinski definition) is 2. The predicted octanol–water partition coefficient (Wildman–Crippen LogP) is 0.961. The molecule has 90 valence electrons. The van der Waals surface area contributed by atoms with Crippen molar-refractivity contribution in [2.45, 2.75) is 51.5 Å². The van der Waals surface area contributed by atoms with Gasteiger partial charge in [0.2, 0.25) is 11.8 Å². The molecule has 1 aliphatic heterocycles. The fourth-order valence-corrected chi connectivity index (χ4v) is 2.62. The number of hydrogen-bond acceptors (Lipinski definition) is 2. The Morgan fingerprint density at radius 2 is 2.06 bits per heavy atom. The lowest BCUT2D eigenvalue weighted by atomic mass is 9.75. The van der Waals surface area contributed by atoms with Gasteiger partial charge in [-0.15, -0.1) is 0 Å². The van der Waals surface area contributed by atoms with Gasteiger partial charge in [-0.3, -0.25) is 9.59 Å². The third-order valence-corrected chi connectivity index (χ3v) is 3.86. The summed E-state index contributed by atoms with van der Waals surface area (Å²) in [6.07, 6.45) is 6.11. The van der Waals surface area contributed by atoms with Crippen molar-refractivity contribution in [2.75, 3.05) is 6.54 Å². The van der Waals surface area contributed by atoms with Gasteiger partial charge < -0.3 is 10.6 Å². The zero-order chi connectivity index (χ0) is 11.6. The lowest BCUT2D eigenvalue weighted by Gasteiger charge is -2.32. The highest BCUT2D eigenvalue weighted by Gasteiger charge is 2.37. The van der Waals surface area contributed by atoms with Crippen LogP contribution in [0.3, 0.4) is 0 Å². The second-order valence-electron chi connectivity index (χ2n) is 5.23. The van der Waals surface area contributed by atoms with Crippen LogP contribution in [-0.2, 0) is 9.59 Å². The fraction of sp³-hybridized carbons (Fsp3) is 0.833. The van der Waals surface area contributed by atoms with Gasteiger partial charge in [-0.05, 0) is 19.3 Å². The van der Waals surface area contributed by atoms with Crippen LogP contribution >= 0.6 is 0 Å². The molecule has 0 bridgehead atoms. The van der Waals surface area contributed by atoms with Crippen LogP contribution < -0.4 is 10.6 Å². The molecule has 0 aromatic carbocycles. The zero-order valence-corrected chi connectivity index (χ0v) is 9.84. The lowest BCUT2D eigenvalue weighted by Crippen LogP contribution is -2.47. The van der Waals surface area contributed by atoms with Crippen molar-refractivity contribution in [3.63, 3.8) is 0 Å². The molecule has 2 N–H and O–H groups in total. The van der Waals surface area contributed by atoms with Crippen molar-refractivity contribution in [2.24, 2.45) is 5.41 Å². The number of nitrogens with one attached hydrogen (secondary N) is 2. The first kappa shape index (κ1) is 11.4. The van der Waals surface area contributed by atoms with Crippen molar-refractivity contribution >= 4 is 11.8 Å². The first-order valence-corrected chi connectivity index (χ1v) is 6.20. The maximum Gasteiger partial charge on any atom is 0.242 e. The molecule has 0 radical (unpaired) electrons. The van der Waals surface area contributed by atoms with Gasteiger partial charge >= 0.3 is 0 Å². The summed E-state index contributed by atoms with van der Waals surface area (Å²) in [7, 11) is 0. The van der Waals surface area contributed by atoms with Crippen LogP contribution in [-0.4, -0.2) is 24.4 Å². The lowest BCUT2D eigenvalue weighted by molar-refractivity contribution is -0.135. The van der Waals surface area contributed by atoms with Crippen molar-refractivity contribution in [1.82, 2.24) is 10.6 Å². The van der Waals surface area contributed by atoms with E-state index in [-0.39, 0.29) is 23.3 Å². The van der Waals surface area contributed by atoms with Crippen LogP contribution in [0.4, 0.5) is 0 Å². The smallest absolute Gasteiger partial charge is 0.242 e. The summed E-state index contributed by atoms with van der Waals surface area (Å²) in [5.74, 6) is 0.0296. The molecule has 1 heterocycles. The van der Waals surface area contributed by atoms with Gasteiger partial charge in [0.25, 0.3) is 0 Å². The predicted molar refractivity (Wildman–Crippen MR) is 60.7 cm³/mol. The molecule has 2 fully saturated rings. The van der Waals surface area contributed by atoms with Crippen LogP contribution in [0.1, 0.15) is 45.4 Å². The molecule has 0 spiro atoms. The SMILES string of the molecule is CC1(C(=O)N[C@H]2CCNC2=O)CCCCC1. The average Bonchev–Trinajstić information content (AvgIpc) is 2.65. The molecule has 4 nitrogen and oxygen atoms in total. The number of amides is 2. The number of carbonyl (C=O) groups is 2. The van der Waals surface area contributed by atoms with Gasteiger partial charge in [-0.25, -0.2) is 0 Å². The number of carbonyl (C=O) groups excluding carboxylic acids is 2. The third-order valence-electron chi connectivity index (χ3n) is 3.86. The number of rotatable bonds is 2. The molecule has 1 saturated carbocycles. The Labute approximate surface area is 96.2 Å². The van der Waals surface area contributed by atoms with E-state index < -0.39 is 0 Å². The second-order valence-corrected chi connectivity index (χ2v) is 5.23. The standard InChI is InChI=1S/C12H20N2O2/c1-12(6-3-2-4-7-12)11(16)14-9-5-8-13-10(9)15/h9H,2-8H2,1H3,(H,13,15)(H,14,16)/t9-/m0/s1. The summed E-state index contributed by atoms with van der Waals surface area (Å²) >= 11 is 0. The highest BCUT2D eigenvalue weighted by molar-refractivity contribution is 5.91. The molecule has 1 saturated heterocycles. The van der Waals surface area contributed by atoms with E-state index in [0.717, 1.165) is 32.1 Å². The summed E-state index contributed by atoms with van der Waals surface area (Å²) in [5, 5.41) is 5.62. The Kier molecular flexibility index (Phi) is 3.17. The Morgan fingerprint density at radius 1 is 1.38 bits per heavy atom. The van der Waals surface area contributed by atoms with E-state index in [0.29, 0.717) is 6.54 Å². The van der Waals surface area contributed by atoms with Crippen LogP contribution in [0.2, 0.25) is 0 Å². The first-order valence-electron chi connectivity index (χ1n) is 6.20. The quantitative estimate of drug-likeness (QED) is 0.734. The van der Waals surface area contributed by atoms with Gasteiger partial charge in [0.15, 0.2) is 0 Å². The van der Waals surface area contributed by atoms with Crippen molar-refractivity contribution in [3.8, 4) is 0 Å². The van der Waals surface area contributed by atoms with E-state index >= 15 is 0 Å². The monoisotopic (exact) mass is 224 g/mol. The molecule has 1 aliphatic carbocycles. The zero-order valence-electron chi connectivity index (χ0n) is 9.84. The molecular weight excluding hydrogens is 204 g/mol. The van der Waals surface area contributed by atoms with Crippen molar-refractivity contribution in [3.05, 3.63) is 0 Å². The second kappa shape index (κ2) is 4.44. The third kappa shape index (κ3) is 2.20. The Bertz CT molecular complexity index is 295. The highest BCUT2D eigenvalue weighted by Crippen LogP contribution is 2.36. The van der Waals surface area contributed by atoms with E-state index in [1.807, 2.05) is 6.92 Å². The van der Waals surface area contributed by atoms with E-state index in [1.165, 1.54) is 6.42 Å². The van der Waals surface area contributed by atoms with E-state index in [4.69, 9.17) is 0 Å². The summed E-state index contributed by atoms with van der Waals surface area (Å²) in [6, 6.07) is -0.300. The largest absolute Gasteiger partial charge is 0.354 e.